The van der Waals surface area contributed by atoms with Crippen molar-refractivity contribution in [3.63, 3.8) is 0 Å². The van der Waals surface area contributed by atoms with E-state index in [4.69, 9.17) is 9.47 Å². The van der Waals surface area contributed by atoms with Gasteiger partial charge in [0.25, 0.3) is 0 Å². The number of H-pyrrole nitrogens is 1. The second kappa shape index (κ2) is 5.76. The summed E-state index contributed by atoms with van der Waals surface area (Å²) in [6, 6.07) is 6.40. The van der Waals surface area contributed by atoms with Crippen LogP contribution in [0.1, 0.15) is 44.0 Å². The lowest BCUT2D eigenvalue weighted by Crippen LogP contribution is -2.35. The molecule has 2 aromatic rings. The molecule has 118 valence electrons. The molecule has 22 heavy (non-hydrogen) atoms. The van der Waals surface area contributed by atoms with Gasteiger partial charge in [0.15, 0.2) is 0 Å². The number of fused-ring (bicyclic) bond motifs is 3. The van der Waals surface area contributed by atoms with Crippen LogP contribution >= 0.6 is 0 Å². The van der Waals surface area contributed by atoms with Gasteiger partial charge in [-0.2, -0.15) is 0 Å². The quantitative estimate of drug-likeness (QED) is 0.880. The molecule has 3 rings (SSSR count). The predicted octanol–water partition coefficient (Wildman–Crippen LogP) is 3.47. The monoisotopic (exact) mass is 301 g/mol. The van der Waals surface area contributed by atoms with E-state index in [9.17, 15) is 4.79 Å². The molecule has 1 aromatic heterocycles. The number of aromatic amines is 1. The molecule has 0 fully saturated rings. The highest BCUT2D eigenvalue weighted by Crippen LogP contribution is 2.39. The van der Waals surface area contributed by atoms with Crippen molar-refractivity contribution in [2.75, 3.05) is 13.2 Å². The minimum Gasteiger partial charge on any atom is -0.466 e. The van der Waals surface area contributed by atoms with E-state index in [2.05, 4.69) is 30.1 Å². The SMILES string of the molecule is CCOC(=O)C[C@@]1(C)OCCc2c1[nH]c1c(CC)cccc21. The van der Waals surface area contributed by atoms with Gasteiger partial charge in [-0.15, -0.1) is 0 Å². The van der Waals surface area contributed by atoms with Crippen molar-refractivity contribution in [2.24, 2.45) is 0 Å². The molecule has 0 spiro atoms. The largest absolute Gasteiger partial charge is 0.466 e. The third kappa shape index (κ3) is 2.41. The highest BCUT2D eigenvalue weighted by molar-refractivity contribution is 5.88. The Hall–Kier alpha value is -1.81. The number of aromatic nitrogens is 1. The maximum atomic E-state index is 11.9. The zero-order chi connectivity index (χ0) is 15.7. The third-order valence-corrected chi connectivity index (χ3v) is 4.50. The van der Waals surface area contributed by atoms with Crippen molar-refractivity contribution >= 4 is 16.9 Å². The average Bonchev–Trinajstić information content (AvgIpc) is 2.88. The summed E-state index contributed by atoms with van der Waals surface area (Å²) in [5, 5.41) is 1.26. The van der Waals surface area contributed by atoms with Gasteiger partial charge in [-0.3, -0.25) is 4.79 Å². The number of aryl methyl sites for hydroxylation is 1. The van der Waals surface area contributed by atoms with Gasteiger partial charge in [0.05, 0.1) is 25.3 Å². The topological polar surface area (TPSA) is 51.3 Å². The molecule has 0 bridgehead atoms. The molecule has 2 heterocycles. The van der Waals surface area contributed by atoms with E-state index < -0.39 is 5.60 Å². The Balaban J connectivity index is 2.08. The number of hydrogen-bond acceptors (Lipinski definition) is 3. The molecule has 0 saturated heterocycles. The van der Waals surface area contributed by atoms with Crippen molar-refractivity contribution in [1.82, 2.24) is 4.98 Å². The lowest BCUT2D eigenvalue weighted by atomic mass is 9.90. The van der Waals surface area contributed by atoms with Crippen LogP contribution < -0.4 is 0 Å². The highest BCUT2D eigenvalue weighted by atomic mass is 16.5. The lowest BCUT2D eigenvalue weighted by Gasteiger charge is -2.33. The molecule has 4 heteroatoms. The molecule has 0 unspecified atom stereocenters. The van der Waals surface area contributed by atoms with E-state index in [-0.39, 0.29) is 12.4 Å². The first-order valence-corrected chi connectivity index (χ1v) is 8.01. The Kier molecular flexibility index (Phi) is 3.96. The number of rotatable bonds is 4. The molecule has 1 atom stereocenters. The number of hydrogen-bond donors (Lipinski definition) is 1. The van der Waals surface area contributed by atoms with Gasteiger partial charge >= 0.3 is 5.97 Å². The number of esters is 1. The Bertz CT molecular complexity index is 704. The number of ether oxygens (including phenoxy) is 2. The number of carbonyl (C=O) groups excluding carboxylic acids is 1. The van der Waals surface area contributed by atoms with Crippen LogP contribution in [-0.2, 0) is 32.7 Å². The van der Waals surface area contributed by atoms with Gasteiger partial charge in [-0.25, -0.2) is 0 Å². The number of para-hydroxylation sites is 1. The molecule has 1 aliphatic heterocycles. The Morgan fingerprint density at radius 1 is 1.41 bits per heavy atom. The summed E-state index contributed by atoms with van der Waals surface area (Å²) in [5.74, 6) is -0.216. The fourth-order valence-electron chi connectivity index (χ4n) is 3.42. The summed E-state index contributed by atoms with van der Waals surface area (Å²) >= 11 is 0. The van der Waals surface area contributed by atoms with E-state index in [1.807, 2.05) is 13.8 Å². The van der Waals surface area contributed by atoms with E-state index in [0.29, 0.717) is 13.2 Å². The lowest BCUT2D eigenvalue weighted by molar-refractivity contribution is -0.152. The first kappa shape index (κ1) is 15.1. The van der Waals surface area contributed by atoms with Crippen LogP contribution in [0.5, 0.6) is 0 Å². The molecule has 1 aliphatic rings. The summed E-state index contributed by atoms with van der Waals surface area (Å²) in [7, 11) is 0. The Morgan fingerprint density at radius 2 is 2.23 bits per heavy atom. The average molecular weight is 301 g/mol. The second-order valence-corrected chi connectivity index (χ2v) is 5.98. The van der Waals surface area contributed by atoms with Crippen LogP contribution in [-0.4, -0.2) is 24.2 Å². The minimum absolute atomic E-state index is 0.216. The Labute approximate surface area is 130 Å². The first-order chi connectivity index (χ1) is 10.6. The Morgan fingerprint density at radius 3 is 2.95 bits per heavy atom. The number of nitrogens with one attached hydrogen (secondary N) is 1. The maximum Gasteiger partial charge on any atom is 0.309 e. The summed E-state index contributed by atoms with van der Waals surface area (Å²) in [6.07, 6.45) is 2.09. The fourth-order valence-corrected chi connectivity index (χ4v) is 3.42. The number of benzene rings is 1. The van der Waals surface area contributed by atoms with Crippen LogP contribution in [0.4, 0.5) is 0 Å². The summed E-state index contributed by atoms with van der Waals surface area (Å²) < 4.78 is 11.1. The maximum absolute atomic E-state index is 11.9. The molecule has 1 aromatic carbocycles. The van der Waals surface area contributed by atoms with Crippen molar-refractivity contribution in [1.29, 1.82) is 0 Å². The zero-order valence-electron chi connectivity index (χ0n) is 13.5. The summed E-state index contributed by atoms with van der Waals surface area (Å²) in [5.41, 5.74) is 4.15. The van der Waals surface area contributed by atoms with Crippen LogP contribution in [0.25, 0.3) is 10.9 Å². The van der Waals surface area contributed by atoms with Gasteiger partial charge in [0.2, 0.25) is 0 Å². The van der Waals surface area contributed by atoms with E-state index >= 15 is 0 Å². The van der Waals surface area contributed by atoms with Crippen LogP contribution in [0.2, 0.25) is 0 Å². The van der Waals surface area contributed by atoms with Gasteiger partial charge in [0.1, 0.15) is 5.60 Å². The molecule has 0 amide bonds. The molecular weight excluding hydrogens is 278 g/mol. The normalized spacial score (nSPS) is 20.9. The van der Waals surface area contributed by atoms with Gasteiger partial charge < -0.3 is 14.5 Å². The van der Waals surface area contributed by atoms with Crippen molar-refractivity contribution in [3.8, 4) is 0 Å². The van der Waals surface area contributed by atoms with Gasteiger partial charge in [0, 0.05) is 10.9 Å². The highest BCUT2D eigenvalue weighted by Gasteiger charge is 2.38. The predicted molar refractivity (Wildman–Crippen MR) is 85.9 cm³/mol. The second-order valence-electron chi connectivity index (χ2n) is 5.98. The van der Waals surface area contributed by atoms with E-state index in [1.54, 1.807) is 0 Å². The first-order valence-electron chi connectivity index (χ1n) is 8.01. The molecule has 0 radical (unpaired) electrons. The van der Waals surface area contributed by atoms with Crippen molar-refractivity contribution in [3.05, 3.63) is 35.0 Å². The summed E-state index contributed by atoms with van der Waals surface area (Å²) in [6.45, 7) is 6.98. The summed E-state index contributed by atoms with van der Waals surface area (Å²) in [4.78, 5) is 15.5. The fraction of sp³-hybridized carbons (Fsp3) is 0.500. The standard InChI is InChI=1S/C18H23NO3/c1-4-12-7-6-8-13-14-9-10-22-18(3,11-15(20)21-5-2)17(14)19-16(12)13/h6-8,19H,4-5,9-11H2,1-3H3/t18-/m1/s1. The molecule has 1 N–H and O–H groups in total. The smallest absolute Gasteiger partial charge is 0.309 e. The molecular formula is C18H23NO3. The van der Waals surface area contributed by atoms with E-state index in [1.165, 1.54) is 22.0 Å². The number of carbonyl (C=O) groups is 1. The van der Waals surface area contributed by atoms with Crippen molar-refractivity contribution in [2.45, 2.75) is 45.6 Å². The van der Waals surface area contributed by atoms with Crippen LogP contribution in [0, 0.1) is 0 Å². The molecule has 0 aliphatic carbocycles. The minimum atomic E-state index is -0.635. The van der Waals surface area contributed by atoms with Crippen LogP contribution in [0.3, 0.4) is 0 Å². The van der Waals surface area contributed by atoms with Gasteiger partial charge in [-0.1, -0.05) is 25.1 Å². The molecule has 4 nitrogen and oxygen atoms in total. The van der Waals surface area contributed by atoms with Gasteiger partial charge in [-0.05, 0) is 37.8 Å². The zero-order valence-corrected chi connectivity index (χ0v) is 13.5. The van der Waals surface area contributed by atoms with E-state index in [0.717, 1.165) is 18.5 Å². The van der Waals surface area contributed by atoms with Crippen LogP contribution in [0.15, 0.2) is 18.2 Å². The van der Waals surface area contributed by atoms with Crippen molar-refractivity contribution < 1.29 is 14.3 Å². The third-order valence-electron chi connectivity index (χ3n) is 4.50. The molecule has 0 saturated carbocycles.